The monoisotopic (exact) mass is 295 g/mol. The van der Waals surface area contributed by atoms with Gasteiger partial charge in [-0.25, -0.2) is 4.98 Å². The minimum absolute atomic E-state index is 0.0875. The molecule has 0 radical (unpaired) electrons. The van der Waals surface area contributed by atoms with Crippen molar-refractivity contribution in [2.45, 2.75) is 32.7 Å². The standard InChI is InChI=1S/C13H17N3O3S/c1-3-9(2)16(7-12(18)19)11(17)6-10-8-20-13-14-4-5-15(10)13/h4-5,8-9H,3,6-7H2,1-2H3,(H,18,19). The summed E-state index contributed by atoms with van der Waals surface area (Å²) in [5, 5.41) is 10.8. The van der Waals surface area contributed by atoms with Gasteiger partial charge in [0.15, 0.2) is 4.96 Å². The molecular formula is C13H17N3O3S. The zero-order valence-electron chi connectivity index (χ0n) is 11.4. The predicted octanol–water partition coefficient (Wildman–Crippen LogP) is 1.65. The topological polar surface area (TPSA) is 74.9 Å². The van der Waals surface area contributed by atoms with E-state index in [4.69, 9.17) is 5.11 Å². The van der Waals surface area contributed by atoms with Gasteiger partial charge in [-0.05, 0) is 13.3 Å². The number of hydrogen-bond acceptors (Lipinski definition) is 4. The van der Waals surface area contributed by atoms with Crippen LogP contribution < -0.4 is 0 Å². The van der Waals surface area contributed by atoms with Crippen LogP contribution in [0.15, 0.2) is 17.8 Å². The van der Waals surface area contributed by atoms with Gasteiger partial charge in [0.05, 0.1) is 6.42 Å². The summed E-state index contributed by atoms with van der Waals surface area (Å²) in [5.41, 5.74) is 0.839. The highest BCUT2D eigenvalue weighted by molar-refractivity contribution is 7.15. The highest BCUT2D eigenvalue weighted by Crippen LogP contribution is 2.16. The highest BCUT2D eigenvalue weighted by Gasteiger charge is 2.22. The summed E-state index contributed by atoms with van der Waals surface area (Å²) in [5.74, 6) is -1.16. The molecule has 2 aromatic rings. The highest BCUT2D eigenvalue weighted by atomic mass is 32.1. The van der Waals surface area contributed by atoms with Crippen LogP contribution >= 0.6 is 11.3 Å². The molecule has 0 bridgehead atoms. The maximum Gasteiger partial charge on any atom is 0.323 e. The van der Waals surface area contributed by atoms with Crippen molar-refractivity contribution in [3.05, 3.63) is 23.5 Å². The molecule has 0 aliphatic heterocycles. The molecule has 0 spiro atoms. The van der Waals surface area contributed by atoms with E-state index in [2.05, 4.69) is 4.98 Å². The van der Waals surface area contributed by atoms with E-state index in [0.717, 1.165) is 17.1 Å². The predicted molar refractivity (Wildman–Crippen MR) is 75.9 cm³/mol. The number of aromatic nitrogens is 2. The van der Waals surface area contributed by atoms with Crippen molar-refractivity contribution in [2.75, 3.05) is 6.54 Å². The van der Waals surface area contributed by atoms with Gasteiger partial charge in [-0.2, -0.15) is 0 Å². The minimum Gasteiger partial charge on any atom is -0.480 e. The van der Waals surface area contributed by atoms with Gasteiger partial charge in [-0.1, -0.05) is 6.92 Å². The SMILES string of the molecule is CCC(C)N(CC(=O)O)C(=O)Cc1csc2nccn12. The summed E-state index contributed by atoms with van der Waals surface area (Å²) in [6.45, 7) is 3.54. The number of hydrogen-bond donors (Lipinski definition) is 1. The maximum atomic E-state index is 12.3. The largest absolute Gasteiger partial charge is 0.480 e. The lowest BCUT2D eigenvalue weighted by Crippen LogP contribution is -2.42. The van der Waals surface area contributed by atoms with E-state index in [0.29, 0.717) is 0 Å². The number of aliphatic carboxylic acids is 1. The molecule has 0 aromatic carbocycles. The van der Waals surface area contributed by atoms with Crippen LogP contribution in [0.1, 0.15) is 26.0 Å². The Morgan fingerprint density at radius 3 is 2.95 bits per heavy atom. The van der Waals surface area contributed by atoms with Crippen molar-refractivity contribution in [1.82, 2.24) is 14.3 Å². The Kier molecular flexibility index (Phi) is 4.39. The van der Waals surface area contributed by atoms with Crippen LogP contribution in [-0.2, 0) is 16.0 Å². The number of carbonyl (C=O) groups excluding carboxylic acids is 1. The summed E-state index contributed by atoms with van der Waals surface area (Å²) in [7, 11) is 0. The zero-order valence-corrected chi connectivity index (χ0v) is 12.3. The van der Waals surface area contributed by atoms with Crippen molar-refractivity contribution in [3.63, 3.8) is 0 Å². The fourth-order valence-corrected chi connectivity index (χ4v) is 2.86. The first-order valence-corrected chi connectivity index (χ1v) is 7.31. The van der Waals surface area contributed by atoms with Gasteiger partial charge in [-0.3, -0.25) is 14.0 Å². The first-order chi connectivity index (χ1) is 9.52. The third-order valence-electron chi connectivity index (χ3n) is 3.30. The van der Waals surface area contributed by atoms with E-state index < -0.39 is 5.97 Å². The second kappa shape index (κ2) is 6.04. The van der Waals surface area contributed by atoms with Gasteiger partial charge in [0.25, 0.3) is 0 Å². The van der Waals surface area contributed by atoms with Crippen molar-refractivity contribution in [3.8, 4) is 0 Å². The first kappa shape index (κ1) is 14.5. The molecule has 0 aliphatic carbocycles. The van der Waals surface area contributed by atoms with Crippen molar-refractivity contribution in [1.29, 1.82) is 0 Å². The Labute approximate surface area is 120 Å². The Bertz CT molecular complexity index is 619. The van der Waals surface area contributed by atoms with Crippen LogP contribution in [0.25, 0.3) is 4.96 Å². The van der Waals surface area contributed by atoms with Gasteiger partial charge in [0.1, 0.15) is 6.54 Å². The summed E-state index contributed by atoms with van der Waals surface area (Å²) < 4.78 is 1.86. The summed E-state index contributed by atoms with van der Waals surface area (Å²) in [6, 6.07) is -0.0875. The zero-order chi connectivity index (χ0) is 14.7. The molecule has 2 aromatic heterocycles. The molecule has 108 valence electrons. The number of nitrogens with zero attached hydrogens (tertiary/aromatic N) is 3. The molecule has 20 heavy (non-hydrogen) atoms. The lowest BCUT2D eigenvalue weighted by atomic mass is 10.2. The number of fused-ring (bicyclic) bond motifs is 1. The minimum atomic E-state index is -0.989. The molecule has 7 heteroatoms. The average molecular weight is 295 g/mol. The third-order valence-corrected chi connectivity index (χ3v) is 4.20. The Balaban J connectivity index is 2.15. The van der Waals surface area contributed by atoms with Crippen molar-refractivity contribution in [2.24, 2.45) is 0 Å². The van der Waals surface area contributed by atoms with E-state index in [1.54, 1.807) is 12.4 Å². The number of rotatable bonds is 6. The molecule has 0 saturated heterocycles. The molecule has 0 fully saturated rings. The van der Waals surface area contributed by atoms with Crippen LogP contribution in [0.5, 0.6) is 0 Å². The summed E-state index contributed by atoms with van der Waals surface area (Å²) in [4.78, 5) is 29.7. The van der Waals surface area contributed by atoms with Crippen molar-refractivity contribution < 1.29 is 14.7 Å². The van der Waals surface area contributed by atoms with Crippen LogP contribution in [0.3, 0.4) is 0 Å². The molecule has 1 unspecified atom stereocenters. The fraction of sp³-hybridized carbons (Fsp3) is 0.462. The van der Waals surface area contributed by atoms with E-state index in [1.165, 1.54) is 16.2 Å². The number of carboxylic acid groups (broad SMARTS) is 1. The first-order valence-electron chi connectivity index (χ1n) is 6.43. The van der Waals surface area contributed by atoms with Crippen LogP contribution in [0, 0.1) is 0 Å². The van der Waals surface area contributed by atoms with Gasteiger partial charge in [-0.15, -0.1) is 11.3 Å². The van der Waals surface area contributed by atoms with Gasteiger partial charge < -0.3 is 10.0 Å². The average Bonchev–Trinajstić information content (AvgIpc) is 2.99. The van der Waals surface area contributed by atoms with Crippen molar-refractivity contribution >= 4 is 28.2 Å². The van der Waals surface area contributed by atoms with E-state index in [9.17, 15) is 9.59 Å². The number of carboxylic acids is 1. The van der Waals surface area contributed by atoms with Gasteiger partial charge in [0.2, 0.25) is 5.91 Å². The van der Waals surface area contributed by atoms with Crippen LogP contribution in [-0.4, -0.2) is 43.9 Å². The molecule has 2 rings (SSSR count). The third kappa shape index (κ3) is 2.98. The summed E-state index contributed by atoms with van der Waals surface area (Å²) >= 11 is 1.47. The number of amides is 1. The molecular weight excluding hydrogens is 278 g/mol. The smallest absolute Gasteiger partial charge is 0.323 e. The number of thiazole rings is 1. The molecule has 0 aliphatic rings. The lowest BCUT2D eigenvalue weighted by Gasteiger charge is -2.26. The number of carbonyl (C=O) groups is 2. The summed E-state index contributed by atoms with van der Waals surface area (Å²) in [6.07, 6.45) is 4.40. The maximum absolute atomic E-state index is 12.3. The van der Waals surface area contributed by atoms with Gasteiger partial charge >= 0.3 is 5.97 Å². The van der Waals surface area contributed by atoms with Crippen LogP contribution in [0.2, 0.25) is 0 Å². The molecule has 6 nitrogen and oxygen atoms in total. The molecule has 1 N–H and O–H groups in total. The molecule has 1 amide bonds. The van der Waals surface area contributed by atoms with Crippen LogP contribution in [0.4, 0.5) is 0 Å². The Hall–Kier alpha value is -1.89. The van der Waals surface area contributed by atoms with E-state index in [-0.39, 0.29) is 24.9 Å². The normalized spacial score (nSPS) is 12.5. The Morgan fingerprint density at radius 2 is 2.30 bits per heavy atom. The second-order valence-electron chi connectivity index (χ2n) is 4.66. The second-order valence-corrected chi connectivity index (χ2v) is 5.49. The van der Waals surface area contributed by atoms with Gasteiger partial charge in [0, 0.05) is 29.5 Å². The van der Waals surface area contributed by atoms with E-state index in [1.807, 2.05) is 23.6 Å². The number of imidazole rings is 1. The quantitative estimate of drug-likeness (QED) is 0.879. The molecule has 2 heterocycles. The fourth-order valence-electron chi connectivity index (χ4n) is 2.01. The lowest BCUT2D eigenvalue weighted by molar-refractivity contribution is -0.145. The van der Waals surface area contributed by atoms with E-state index >= 15 is 0 Å². The Morgan fingerprint density at radius 1 is 1.55 bits per heavy atom. The molecule has 0 saturated carbocycles. The molecule has 1 atom stereocenters.